The van der Waals surface area contributed by atoms with Crippen molar-refractivity contribution in [2.75, 3.05) is 30.1 Å². The first kappa shape index (κ1) is 37.5. The molecule has 1 saturated heterocycles. The monoisotopic (exact) mass is 778 g/mol. The number of fused-ring (bicyclic) bond motifs is 1. The maximum Gasteiger partial charge on any atom is 0.468 e. The van der Waals surface area contributed by atoms with Crippen LogP contribution in [0, 0.1) is 11.6 Å². The van der Waals surface area contributed by atoms with E-state index in [2.05, 4.69) is 19.9 Å². The second-order valence-corrected chi connectivity index (χ2v) is 14.8. The molecule has 0 saturated carbocycles. The van der Waals surface area contributed by atoms with Crippen molar-refractivity contribution in [1.29, 1.82) is 0 Å². The first-order chi connectivity index (χ1) is 26.4. The van der Waals surface area contributed by atoms with Crippen LogP contribution in [0.2, 0.25) is 0 Å². The summed E-state index contributed by atoms with van der Waals surface area (Å²) in [5.41, 5.74) is 12.2. The van der Waals surface area contributed by atoms with Gasteiger partial charge in [0, 0.05) is 24.7 Å². The van der Waals surface area contributed by atoms with E-state index in [9.17, 15) is 18.5 Å². The van der Waals surface area contributed by atoms with Gasteiger partial charge in [-0.15, -0.1) is 0 Å². The second kappa shape index (κ2) is 15.5. The molecule has 6 aromatic rings. The summed E-state index contributed by atoms with van der Waals surface area (Å²) in [5, 5.41) is 10.3. The van der Waals surface area contributed by atoms with Gasteiger partial charge in [-0.1, -0.05) is 36.4 Å². The minimum Gasteiger partial charge on any atom is -0.475 e. The van der Waals surface area contributed by atoms with Crippen molar-refractivity contribution < 1.29 is 41.0 Å². The zero-order valence-electron chi connectivity index (χ0n) is 29.0. The molecule has 0 spiro atoms. The third-order valence-corrected chi connectivity index (χ3v) is 10.5. The Morgan fingerprint density at radius 1 is 0.927 bits per heavy atom. The van der Waals surface area contributed by atoms with Crippen LogP contribution in [-0.4, -0.2) is 67.1 Å². The molecule has 0 aliphatic carbocycles. The Bertz CT molecular complexity index is 2300. The van der Waals surface area contributed by atoms with Crippen molar-refractivity contribution in [3.63, 3.8) is 0 Å². The van der Waals surface area contributed by atoms with Gasteiger partial charge in [-0.3, -0.25) is 4.98 Å². The number of aliphatic hydroxyl groups excluding tert-OH is 1. The summed E-state index contributed by atoms with van der Waals surface area (Å²) in [4.78, 5) is 18.7. The van der Waals surface area contributed by atoms with Gasteiger partial charge in [0.15, 0.2) is 23.0 Å². The Balaban J connectivity index is 1.20. The summed E-state index contributed by atoms with van der Waals surface area (Å²) < 4.78 is 91.3. The number of pyridine rings is 1. The molecule has 0 radical (unpaired) electrons. The molecule has 4 heterocycles. The Kier molecular flexibility index (Phi) is 10.6. The summed E-state index contributed by atoms with van der Waals surface area (Å²) in [6.07, 6.45) is -1.19. The van der Waals surface area contributed by atoms with E-state index in [1.54, 1.807) is 70.1 Å². The molecule has 1 fully saturated rings. The van der Waals surface area contributed by atoms with Crippen LogP contribution in [-0.2, 0) is 11.1 Å². The van der Waals surface area contributed by atoms with Crippen molar-refractivity contribution in [3.05, 3.63) is 115 Å². The lowest BCUT2D eigenvalue weighted by Crippen LogP contribution is -2.63. The number of imidazole rings is 1. The molecule has 0 amide bonds. The summed E-state index contributed by atoms with van der Waals surface area (Å²) in [6.45, 7) is 0.323. The van der Waals surface area contributed by atoms with Crippen LogP contribution in [0.25, 0.3) is 22.4 Å². The van der Waals surface area contributed by atoms with E-state index in [-0.39, 0.29) is 48.1 Å². The summed E-state index contributed by atoms with van der Waals surface area (Å²) >= 11 is 0. The number of piperidine rings is 1. The zero-order chi connectivity index (χ0) is 38.7. The molecule has 18 heteroatoms. The maximum absolute atomic E-state index is 15.9. The predicted molar refractivity (Wildman–Crippen MR) is 196 cm³/mol. The second-order valence-electron chi connectivity index (χ2n) is 13.0. The van der Waals surface area contributed by atoms with Crippen LogP contribution in [0.4, 0.5) is 29.1 Å². The van der Waals surface area contributed by atoms with E-state index in [1.807, 2.05) is 0 Å². The van der Waals surface area contributed by atoms with Crippen molar-refractivity contribution in [2.45, 2.75) is 37.5 Å². The highest BCUT2D eigenvalue weighted by molar-refractivity contribution is 7.54. The number of alkyl halides is 2. The Hall–Kier alpha value is -5.77. The predicted octanol–water partition coefficient (Wildman–Crippen LogP) is 6.41. The largest absolute Gasteiger partial charge is 0.475 e. The van der Waals surface area contributed by atoms with Crippen LogP contribution < -0.4 is 30.2 Å². The van der Waals surface area contributed by atoms with Crippen molar-refractivity contribution >= 4 is 30.3 Å². The van der Waals surface area contributed by atoms with Crippen molar-refractivity contribution in [3.8, 4) is 28.5 Å². The number of hydrogen-bond acceptors (Lipinski definition) is 12. The molecule has 2 atom stereocenters. The van der Waals surface area contributed by atoms with E-state index >= 15 is 8.78 Å². The van der Waals surface area contributed by atoms with Crippen LogP contribution in [0.5, 0.6) is 17.2 Å². The quantitative estimate of drug-likeness (QED) is 0.0869. The fourth-order valence-corrected chi connectivity index (χ4v) is 7.72. The molecule has 5 N–H and O–H groups in total. The SMILES string of the molecule is Nc1ncnc2c1ncn2Cc1cc(-c2cc(F)c(OCP(=O)(Oc3ccccc3)Oc3ccccc3)cc2F)ncc1N1CCC[C@](N)([C@H](O)C(F)F)C1. The van der Waals surface area contributed by atoms with Gasteiger partial charge < -0.3 is 39.8 Å². The third kappa shape index (κ3) is 8.18. The summed E-state index contributed by atoms with van der Waals surface area (Å²) in [7, 11) is -4.15. The highest BCUT2D eigenvalue weighted by Gasteiger charge is 2.43. The molecule has 13 nitrogen and oxygen atoms in total. The van der Waals surface area contributed by atoms with Gasteiger partial charge in [0.2, 0.25) is 6.35 Å². The average molecular weight is 779 g/mol. The van der Waals surface area contributed by atoms with E-state index in [0.29, 0.717) is 35.4 Å². The topological polar surface area (TPSA) is 177 Å². The third-order valence-electron chi connectivity index (χ3n) is 9.11. The van der Waals surface area contributed by atoms with E-state index in [0.717, 1.165) is 12.1 Å². The molecule has 0 bridgehead atoms. The number of benzene rings is 3. The number of aromatic nitrogens is 5. The van der Waals surface area contributed by atoms with Crippen molar-refractivity contribution in [2.24, 2.45) is 5.73 Å². The van der Waals surface area contributed by atoms with E-state index in [1.165, 1.54) is 24.9 Å². The van der Waals surface area contributed by atoms with Crippen molar-refractivity contribution in [1.82, 2.24) is 24.5 Å². The number of hydrogen-bond donors (Lipinski definition) is 3. The lowest BCUT2D eigenvalue weighted by Gasteiger charge is -2.44. The van der Waals surface area contributed by atoms with Crippen LogP contribution in [0.15, 0.2) is 97.7 Å². The molecule has 0 unspecified atom stereocenters. The first-order valence-electron chi connectivity index (χ1n) is 17.0. The molecule has 3 aromatic heterocycles. The van der Waals surface area contributed by atoms with Gasteiger partial charge >= 0.3 is 7.60 Å². The molecule has 1 aliphatic rings. The van der Waals surface area contributed by atoms with Crippen LogP contribution >= 0.6 is 7.60 Å². The van der Waals surface area contributed by atoms with Gasteiger partial charge in [0.1, 0.15) is 35.3 Å². The Morgan fingerprint density at radius 2 is 1.62 bits per heavy atom. The molecule has 1 aliphatic heterocycles. The highest BCUT2D eigenvalue weighted by Crippen LogP contribution is 2.49. The van der Waals surface area contributed by atoms with Crippen LogP contribution in [0.3, 0.4) is 0 Å². The molecule has 7 rings (SSSR count). The number of nitrogens with zero attached hydrogens (tertiary/aromatic N) is 6. The molecular formula is C37H35F4N8O5P. The Labute approximate surface area is 312 Å². The number of nitrogen functional groups attached to an aromatic ring is 1. The zero-order valence-corrected chi connectivity index (χ0v) is 29.9. The highest BCUT2D eigenvalue weighted by atomic mass is 31.2. The van der Waals surface area contributed by atoms with E-state index in [4.69, 9.17) is 25.3 Å². The standard InChI is InChI=1S/C37H35F4N8O5P/c38-27-16-31(52-22-55(51,53-24-8-3-1-4-9-24)54-25-10-5-2-6-11-25)28(39)15-26(27)29-14-23(18-49-21-47-32-35(42)45-20-46-36(32)49)30(17-44-29)48-13-7-12-37(43,19-48)33(50)34(40)41/h1-6,8-11,14-17,20-21,33-34,50H,7,12-13,18-19,22,43H2,(H2,42,45,46)/t33-,37-/m1/s1. The number of ether oxygens (including phenoxy) is 1. The van der Waals surface area contributed by atoms with Gasteiger partial charge in [-0.05, 0) is 54.8 Å². The average Bonchev–Trinajstić information content (AvgIpc) is 3.59. The number of aliphatic hydroxyl groups is 1. The lowest BCUT2D eigenvalue weighted by atomic mass is 9.84. The minimum atomic E-state index is -4.15. The maximum atomic E-state index is 15.9. The van der Waals surface area contributed by atoms with Crippen LogP contribution in [0.1, 0.15) is 18.4 Å². The fourth-order valence-electron chi connectivity index (χ4n) is 6.40. The first-order valence-corrected chi connectivity index (χ1v) is 18.7. The summed E-state index contributed by atoms with van der Waals surface area (Å²) in [6, 6.07) is 19.6. The number of nitrogens with two attached hydrogens (primary N) is 2. The van der Waals surface area contributed by atoms with Gasteiger partial charge in [-0.2, -0.15) is 0 Å². The Morgan fingerprint density at radius 3 is 2.29 bits per heavy atom. The molecule has 286 valence electrons. The van der Waals surface area contributed by atoms with Gasteiger partial charge in [-0.25, -0.2) is 37.1 Å². The summed E-state index contributed by atoms with van der Waals surface area (Å²) in [5.74, 6) is -1.89. The van der Waals surface area contributed by atoms with E-state index < -0.39 is 49.4 Å². The molecule has 55 heavy (non-hydrogen) atoms. The van der Waals surface area contributed by atoms with Gasteiger partial charge in [0.05, 0.1) is 36.0 Å². The molecule has 3 aromatic carbocycles. The number of rotatable bonds is 13. The number of halogens is 4. The number of anilines is 2. The van der Waals surface area contributed by atoms with Gasteiger partial charge in [0.25, 0.3) is 6.43 Å². The normalized spacial score (nSPS) is 16.7. The smallest absolute Gasteiger partial charge is 0.468 e. The number of para-hydroxylation sites is 2. The minimum absolute atomic E-state index is 0.0226. The lowest BCUT2D eigenvalue weighted by molar-refractivity contribution is -0.0529. The fraction of sp³-hybridized carbons (Fsp3) is 0.243. The molecular weight excluding hydrogens is 743 g/mol.